The number of hydrogen-bond acceptors (Lipinski definition) is 5. The highest BCUT2D eigenvalue weighted by molar-refractivity contribution is 5.88. The monoisotopic (exact) mass is 433 g/mol. The quantitative estimate of drug-likeness (QED) is 0.189. The van der Waals surface area contributed by atoms with Gasteiger partial charge >= 0.3 is 0 Å². The van der Waals surface area contributed by atoms with Crippen LogP contribution in [0.1, 0.15) is 89.5 Å². The first kappa shape index (κ1) is 26.5. The highest BCUT2D eigenvalue weighted by Gasteiger charge is 2.06. The van der Waals surface area contributed by atoms with E-state index in [0.29, 0.717) is 17.7 Å². The number of nitrogens with zero attached hydrogens (tertiary/aromatic N) is 1. The number of methoxy groups -OCH3 is 1. The van der Waals surface area contributed by atoms with Crippen LogP contribution in [0.25, 0.3) is 0 Å². The Kier molecular flexibility index (Phi) is 14.6. The van der Waals surface area contributed by atoms with Crippen LogP contribution in [0, 0.1) is 0 Å². The number of ether oxygens (including phenoxy) is 1. The Balaban J connectivity index is 2.05. The van der Waals surface area contributed by atoms with Crippen LogP contribution in [0.2, 0.25) is 0 Å². The topological polar surface area (TPSA) is 100 Å². The zero-order valence-corrected chi connectivity index (χ0v) is 19.1. The predicted molar refractivity (Wildman–Crippen MR) is 124 cm³/mol. The summed E-state index contributed by atoms with van der Waals surface area (Å²) in [5.41, 5.74) is 2.74. The fourth-order valence-corrected chi connectivity index (χ4v) is 3.24. The number of aromatic hydroxyl groups is 1. The van der Waals surface area contributed by atoms with Crippen molar-refractivity contribution < 1.29 is 19.4 Å². The number of hydrogen-bond donors (Lipinski definition) is 3. The number of carbonyl (C=O) groups excluding carboxylic acids is 2. The molecule has 0 heterocycles. The van der Waals surface area contributed by atoms with Crippen molar-refractivity contribution in [2.45, 2.75) is 84.0 Å². The Morgan fingerprint density at radius 1 is 0.968 bits per heavy atom. The standard InChI is InChI=1S/C24H39N3O4/c1-3-4-5-6-7-8-9-10-11-12-13-17-22(28)25-19-23(29)27-26-18-20-15-14-16-21(31-2)24(20)30/h14-16,18,30H,3-13,17,19H2,1-2H3,(H,25,28)(H,27,29)/b26-18-. The molecule has 0 saturated carbocycles. The number of phenolic OH excluding ortho intramolecular Hbond substituents is 1. The average Bonchev–Trinajstić information content (AvgIpc) is 2.77. The molecule has 0 unspecified atom stereocenters. The van der Waals surface area contributed by atoms with Gasteiger partial charge < -0.3 is 15.2 Å². The summed E-state index contributed by atoms with van der Waals surface area (Å²) < 4.78 is 5.01. The van der Waals surface area contributed by atoms with E-state index in [2.05, 4.69) is 22.8 Å². The summed E-state index contributed by atoms with van der Waals surface area (Å²) in [6.45, 7) is 2.11. The third kappa shape index (κ3) is 12.7. The molecule has 1 rings (SSSR count). The molecule has 0 aromatic heterocycles. The number of hydrazone groups is 1. The molecule has 2 amide bonds. The summed E-state index contributed by atoms with van der Waals surface area (Å²) in [6, 6.07) is 4.97. The highest BCUT2D eigenvalue weighted by atomic mass is 16.5. The van der Waals surface area contributed by atoms with Gasteiger partial charge in [0.1, 0.15) is 0 Å². The second-order valence-corrected chi connectivity index (χ2v) is 7.75. The molecule has 3 N–H and O–H groups in total. The number of unbranched alkanes of at least 4 members (excludes halogenated alkanes) is 10. The van der Waals surface area contributed by atoms with Crippen LogP contribution in [-0.4, -0.2) is 36.8 Å². The van der Waals surface area contributed by atoms with Gasteiger partial charge in [0, 0.05) is 12.0 Å². The van der Waals surface area contributed by atoms with Crippen LogP contribution >= 0.6 is 0 Å². The lowest BCUT2D eigenvalue weighted by molar-refractivity contribution is -0.126. The van der Waals surface area contributed by atoms with Gasteiger partial charge in [0.15, 0.2) is 11.5 Å². The number of nitrogens with one attached hydrogen (secondary N) is 2. The predicted octanol–water partition coefficient (Wildman–Crippen LogP) is 4.67. The highest BCUT2D eigenvalue weighted by Crippen LogP contribution is 2.27. The molecule has 0 radical (unpaired) electrons. The molecule has 0 aliphatic heterocycles. The molecule has 0 aliphatic rings. The third-order valence-electron chi connectivity index (χ3n) is 5.10. The van der Waals surface area contributed by atoms with Crippen molar-refractivity contribution in [2.24, 2.45) is 5.10 Å². The molecular weight excluding hydrogens is 394 g/mol. The smallest absolute Gasteiger partial charge is 0.259 e. The maximum absolute atomic E-state index is 11.8. The van der Waals surface area contributed by atoms with Gasteiger partial charge in [-0.05, 0) is 18.6 Å². The SMILES string of the molecule is CCCCCCCCCCCCCC(=O)NCC(=O)N/N=C\c1cccc(OC)c1O. The van der Waals surface area contributed by atoms with Crippen molar-refractivity contribution in [3.8, 4) is 11.5 Å². The number of para-hydroxylation sites is 1. The molecule has 0 atom stereocenters. The second kappa shape index (κ2) is 17.1. The Labute approximate surface area is 186 Å². The lowest BCUT2D eigenvalue weighted by atomic mass is 10.1. The van der Waals surface area contributed by atoms with Gasteiger partial charge in [-0.15, -0.1) is 0 Å². The van der Waals surface area contributed by atoms with Gasteiger partial charge in [0.2, 0.25) is 5.91 Å². The first-order chi connectivity index (χ1) is 15.1. The van der Waals surface area contributed by atoms with Crippen molar-refractivity contribution in [3.63, 3.8) is 0 Å². The number of phenols is 1. The first-order valence-corrected chi connectivity index (χ1v) is 11.5. The van der Waals surface area contributed by atoms with Crippen LogP contribution in [-0.2, 0) is 9.59 Å². The van der Waals surface area contributed by atoms with Gasteiger partial charge in [-0.1, -0.05) is 77.2 Å². The maximum Gasteiger partial charge on any atom is 0.259 e. The van der Waals surface area contributed by atoms with Crippen molar-refractivity contribution in [3.05, 3.63) is 23.8 Å². The Morgan fingerprint density at radius 3 is 2.19 bits per heavy atom. The van der Waals surface area contributed by atoms with E-state index in [1.165, 1.54) is 64.7 Å². The molecule has 0 bridgehead atoms. The van der Waals surface area contributed by atoms with Crippen molar-refractivity contribution in [2.75, 3.05) is 13.7 Å². The minimum Gasteiger partial charge on any atom is -0.504 e. The van der Waals surface area contributed by atoms with E-state index in [1.54, 1.807) is 18.2 Å². The van der Waals surface area contributed by atoms with Crippen LogP contribution in [0.15, 0.2) is 23.3 Å². The maximum atomic E-state index is 11.8. The summed E-state index contributed by atoms with van der Waals surface area (Å²) >= 11 is 0. The molecule has 7 nitrogen and oxygen atoms in total. The largest absolute Gasteiger partial charge is 0.504 e. The summed E-state index contributed by atoms with van der Waals surface area (Å²) in [6.07, 6.45) is 15.4. The van der Waals surface area contributed by atoms with Gasteiger partial charge in [-0.25, -0.2) is 5.43 Å². The summed E-state index contributed by atoms with van der Waals surface area (Å²) in [7, 11) is 1.46. The minimum absolute atomic E-state index is 0.0525. The van der Waals surface area contributed by atoms with Crippen LogP contribution < -0.4 is 15.5 Å². The molecule has 0 spiro atoms. The normalized spacial score (nSPS) is 10.9. The Hall–Kier alpha value is -2.57. The molecule has 1 aromatic rings. The number of carbonyl (C=O) groups is 2. The third-order valence-corrected chi connectivity index (χ3v) is 5.10. The zero-order chi connectivity index (χ0) is 22.7. The lowest BCUT2D eigenvalue weighted by Gasteiger charge is -2.06. The van der Waals surface area contributed by atoms with Gasteiger partial charge in [0.25, 0.3) is 5.91 Å². The molecular formula is C24H39N3O4. The summed E-state index contributed by atoms with van der Waals surface area (Å²) in [4.78, 5) is 23.6. The van der Waals surface area contributed by atoms with E-state index in [9.17, 15) is 14.7 Å². The van der Waals surface area contributed by atoms with Crippen molar-refractivity contribution in [1.29, 1.82) is 0 Å². The van der Waals surface area contributed by atoms with Crippen molar-refractivity contribution in [1.82, 2.24) is 10.7 Å². The van der Waals surface area contributed by atoms with E-state index >= 15 is 0 Å². The molecule has 0 saturated heterocycles. The second-order valence-electron chi connectivity index (χ2n) is 7.75. The summed E-state index contributed by atoms with van der Waals surface area (Å²) in [5, 5.41) is 16.3. The Morgan fingerprint density at radius 2 is 1.58 bits per heavy atom. The number of amides is 2. The number of rotatable bonds is 17. The van der Waals surface area contributed by atoms with Crippen LogP contribution in [0.4, 0.5) is 0 Å². The van der Waals surface area contributed by atoms with Gasteiger partial charge in [-0.3, -0.25) is 9.59 Å². The fraction of sp³-hybridized carbons (Fsp3) is 0.625. The Bertz CT molecular complexity index is 677. The summed E-state index contributed by atoms with van der Waals surface area (Å²) in [5.74, 6) is -0.278. The van der Waals surface area contributed by atoms with Crippen LogP contribution in [0.3, 0.4) is 0 Å². The molecule has 174 valence electrons. The van der Waals surface area contributed by atoms with E-state index in [4.69, 9.17) is 4.74 Å². The molecule has 1 aromatic carbocycles. The average molecular weight is 434 g/mol. The minimum atomic E-state index is -0.425. The molecule has 31 heavy (non-hydrogen) atoms. The zero-order valence-electron chi connectivity index (χ0n) is 19.1. The molecule has 7 heteroatoms. The van der Waals surface area contributed by atoms with E-state index in [1.807, 2.05) is 0 Å². The van der Waals surface area contributed by atoms with E-state index in [0.717, 1.165) is 19.3 Å². The number of benzene rings is 1. The molecule has 0 aliphatic carbocycles. The van der Waals surface area contributed by atoms with Crippen molar-refractivity contribution >= 4 is 18.0 Å². The van der Waals surface area contributed by atoms with E-state index < -0.39 is 5.91 Å². The van der Waals surface area contributed by atoms with Gasteiger partial charge in [-0.2, -0.15) is 5.10 Å². The molecule has 0 fully saturated rings. The van der Waals surface area contributed by atoms with Gasteiger partial charge in [0.05, 0.1) is 19.9 Å². The first-order valence-electron chi connectivity index (χ1n) is 11.5. The fourth-order valence-electron chi connectivity index (χ4n) is 3.24. The lowest BCUT2D eigenvalue weighted by Crippen LogP contribution is -2.34. The van der Waals surface area contributed by atoms with E-state index in [-0.39, 0.29) is 18.2 Å². The van der Waals surface area contributed by atoms with Crippen LogP contribution in [0.5, 0.6) is 11.5 Å².